The first-order valence-electron chi connectivity index (χ1n) is 11.8. The second-order valence-electron chi connectivity index (χ2n) is 8.30. The van der Waals surface area contributed by atoms with Crippen LogP contribution in [0.3, 0.4) is 0 Å². The summed E-state index contributed by atoms with van der Waals surface area (Å²) in [6.45, 7) is 1.12. The Morgan fingerprint density at radius 2 is 1.95 bits per heavy atom. The summed E-state index contributed by atoms with van der Waals surface area (Å²) in [4.78, 5) is 41.0. The largest absolute Gasteiger partial charge is 0.474 e. The van der Waals surface area contributed by atoms with Crippen molar-refractivity contribution < 1.29 is 23.6 Å². The fourth-order valence-corrected chi connectivity index (χ4v) is 4.36. The second kappa shape index (κ2) is 11.2. The minimum absolute atomic E-state index is 0.00926. The van der Waals surface area contributed by atoms with Gasteiger partial charge in [0.2, 0.25) is 11.6 Å². The first-order valence-corrected chi connectivity index (χ1v) is 12.5. The van der Waals surface area contributed by atoms with E-state index in [1.54, 1.807) is 55.5 Å². The highest BCUT2D eigenvalue weighted by atomic mass is 35.5. The number of para-hydroxylation sites is 1. The minimum Gasteiger partial charge on any atom is -0.474 e. The lowest BCUT2D eigenvalue weighted by Crippen LogP contribution is -2.20. The number of aromatic nitrogens is 2. The Morgan fingerprint density at radius 3 is 2.73 bits per heavy atom. The number of ether oxygens (including phenoxy) is 2. The molecule has 0 spiro atoms. The summed E-state index contributed by atoms with van der Waals surface area (Å²) in [6.07, 6.45) is 1.15. The van der Waals surface area contributed by atoms with Crippen molar-refractivity contribution in [2.24, 2.45) is 5.10 Å². The standard InChI is InChI=1S/C27H18Cl2N4O7/c1-2-38-24(34)14-39-25-16(10-18(29)12-21(25)33(36)37)13-30-32-26(31-20-6-4-3-5-19(20)27(32)35)23-11-15-9-17(28)7-8-22(15)40-23/h3-13H,2,14H2,1H3. The van der Waals surface area contributed by atoms with Gasteiger partial charge in [0.1, 0.15) is 5.58 Å². The zero-order valence-corrected chi connectivity index (χ0v) is 22.2. The zero-order chi connectivity index (χ0) is 28.4. The van der Waals surface area contributed by atoms with Crippen molar-refractivity contribution in [1.29, 1.82) is 0 Å². The normalized spacial score (nSPS) is 11.4. The predicted molar refractivity (Wildman–Crippen MR) is 149 cm³/mol. The number of esters is 1. The van der Waals surface area contributed by atoms with E-state index >= 15 is 0 Å². The number of hydrogen-bond acceptors (Lipinski definition) is 9. The number of benzene rings is 3. The Hall–Kier alpha value is -4.74. The monoisotopic (exact) mass is 580 g/mol. The molecule has 0 radical (unpaired) electrons. The van der Waals surface area contributed by atoms with Crippen LogP contribution in [0.25, 0.3) is 33.5 Å². The van der Waals surface area contributed by atoms with Crippen LogP contribution in [0, 0.1) is 10.1 Å². The topological polar surface area (TPSA) is 139 Å². The molecule has 2 heterocycles. The predicted octanol–water partition coefficient (Wildman–Crippen LogP) is 5.85. The van der Waals surface area contributed by atoms with Gasteiger partial charge in [-0.05, 0) is 49.4 Å². The summed E-state index contributed by atoms with van der Waals surface area (Å²) in [6, 6.07) is 15.8. The third-order valence-electron chi connectivity index (χ3n) is 5.66. The molecule has 0 atom stereocenters. The number of fused-ring (bicyclic) bond motifs is 2. The van der Waals surface area contributed by atoms with Crippen molar-refractivity contribution in [2.75, 3.05) is 13.2 Å². The summed E-state index contributed by atoms with van der Waals surface area (Å²) in [7, 11) is 0. The quantitative estimate of drug-likeness (QED) is 0.0963. The van der Waals surface area contributed by atoms with Crippen LogP contribution in [0.4, 0.5) is 5.69 Å². The average molecular weight is 581 g/mol. The maximum Gasteiger partial charge on any atom is 0.344 e. The molecule has 0 N–H and O–H groups in total. The van der Waals surface area contributed by atoms with E-state index < -0.39 is 28.7 Å². The zero-order valence-electron chi connectivity index (χ0n) is 20.7. The number of carbonyl (C=O) groups excluding carboxylic acids is 1. The average Bonchev–Trinajstić information content (AvgIpc) is 3.34. The first-order chi connectivity index (χ1) is 19.2. The smallest absolute Gasteiger partial charge is 0.344 e. The van der Waals surface area contributed by atoms with Crippen molar-refractivity contribution in [3.8, 4) is 17.3 Å². The van der Waals surface area contributed by atoms with Gasteiger partial charge in [0.05, 0.1) is 28.6 Å². The number of halogens is 2. The fraction of sp³-hybridized carbons (Fsp3) is 0.111. The number of carbonyl (C=O) groups is 1. The number of nitro groups is 1. The van der Waals surface area contributed by atoms with Crippen LogP contribution in [0.1, 0.15) is 12.5 Å². The number of nitro benzene ring substituents is 1. The maximum atomic E-state index is 13.5. The highest BCUT2D eigenvalue weighted by Gasteiger charge is 2.23. The van der Waals surface area contributed by atoms with Crippen LogP contribution in [0.5, 0.6) is 5.75 Å². The fourth-order valence-electron chi connectivity index (χ4n) is 3.96. The molecule has 0 amide bonds. The van der Waals surface area contributed by atoms with E-state index in [0.717, 1.165) is 17.0 Å². The summed E-state index contributed by atoms with van der Waals surface area (Å²) in [5.74, 6) is -0.712. The van der Waals surface area contributed by atoms with Gasteiger partial charge in [0.15, 0.2) is 12.4 Å². The van der Waals surface area contributed by atoms with Gasteiger partial charge < -0.3 is 13.9 Å². The molecule has 202 valence electrons. The van der Waals surface area contributed by atoms with Gasteiger partial charge >= 0.3 is 11.7 Å². The van der Waals surface area contributed by atoms with E-state index in [0.29, 0.717) is 21.5 Å². The van der Waals surface area contributed by atoms with E-state index in [4.69, 9.17) is 37.1 Å². The molecule has 5 rings (SSSR count). The Bertz CT molecular complexity index is 1880. The Balaban J connectivity index is 1.67. The Morgan fingerprint density at radius 1 is 1.15 bits per heavy atom. The van der Waals surface area contributed by atoms with Crippen molar-refractivity contribution >= 4 is 62.9 Å². The van der Waals surface area contributed by atoms with Gasteiger partial charge in [-0.25, -0.2) is 9.78 Å². The molecule has 0 saturated heterocycles. The van der Waals surface area contributed by atoms with Gasteiger partial charge in [-0.15, -0.1) is 0 Å². The first kappa shape index (κ1) is 26.9. The van der Waals surface area contributed by atoms with E-state index in [-0.39, 0.29) is 39.9 Å². The van der Waals surface area contributed by atoms with Gasteiger partial charge in [0, 0.05) is 27.1 Å². The number of nitrogens with zero attached hydrogens (tertiary/aromatic N) is 4. The summed E-state index contributed by atoms with van der Waals surface area (Å²) < 4.78 is 17.2. The molecule has 3 aromatic carbocycles. The van der Waals surface area contributed by atoms with Gasteiger partial charge in [-0.1, -0.05) is 35.3 Å². The molecule has 11 nitrogen and oxygen atoms in total. The summed E-state index contributed by atoms with van der Waals surface area (Å²) in [5, 5.41) is 17.5. The SMILES string of the molecule is CCOC(=O)COc1c(C=Nn2c(-c3cc4cc(Cl)ccc4o3)nc3ccccc3c2=O)cc(Cl)cc1[N+](=O)[O-]. The molecule has 0 aliphatic heterocycles. The molecule has 5 aromatic rings. The lowest BCUT2D eigenvalue weighted by molar-refractivity contribution is -0.385. The molecular weight excluding hydrogens is 563 g/mol. The Kier molecular flexibility index (Phi) is 7.50. The summed E-state index contributed by atoms with van der Waals surface area (Å²) in [5.41, 5.74) is -0.0786. The maximum absolute atomic E-state index is 13.5. The third kappa shape index (κ3) is 5.37. The molecule has 0 bridgehead atoms. The van der Waals surface area contributed by atoms with Crippen LogP contribution in [-0.4, -0.2) is 40.0 Å². The molecule has 0 saturated carbocycles. The summed E-state index contributed by atoms with van der Waals surface area (Å²) >= 11 is 12.3. The molecule has 0 aliphatic carbocycles. The van der Waals surface area contributed by atoms with Crippen LogP contribution in [0.15, 0.2) is 75.0 Å². The number of hydrogen-bond donors (Lipinski definition) is 0. The van der Waals surface area contributed by atoms with Gasteiger partial charge in [-0.3, -0.25) is 14.9 Å². The Labute approximate surface area is 235 Å². The third-order valence-corrected chi connectivity index (χ3v) is 6.12. The highest BCUT2D eigenvalue weighted by molar-refractivity contribution is 6.31. The van der Waals surface area contributed by atoms with Crippen molar-refractivity contribution in [3.05, 3.63) is 96.7 Å². The van der Waals surface area contributed by atoms with E-state index in [9.17, 15) is 19.7 Å². The van der Waals surface area contributed by atoms with Crippen molar-refractivity contribution in [2.45, 2.75) is 6.92 Å². The lowest BCUT2D eigenvalue weighted by Gasteiger charge is -2.10. The molecule has 0 fully saturated rings. The lowest BCUT2D eigenvalue weighted by atomic mass is 10.2. The van der Waals surface area contributed by atoms with Crippen molar-refractivity contribution in [1.82, 2.24) is 9.66 Å². The van der Waals surface area contributed by atoms with Gasteiger partial charge in [0.25, 0.3) is 5.56 Å². The molecule has 0 aliphatic rings. The minimum atomic E-state index is -0.725. The van der Waals surface area contributed by atoms with Crippen molar-refractivity contribution in [3.63, 3.8) is 0 Å². The highest BCUT2D eigenvalue weighted by Crippen LogP contribution is 2.34. The van der Waals surface area contributed by atoms with Crippen LogP contribution in [-0.2, 0) is 9.53 Å². The molecule has 2 aromatic heterocycles. The molecule has 0 unspecified atom stereocenters. The second-order valence-corrected chi connectivity index (χ2v) is 9.17. The molecular formula is C27H18Cl2N4O7. The number of furan rings is 1. The van der Waals surface area contributed by atoms with Crippen LogP contribution >= 0.6 is 23.2 Å². The van der Waals surface area contributed by atoms with Crippen LogP contribution < -0.4 is 10.3 Å². The van der Waals surface area contributed by atoms with Crippen LogP contribution in [0.2, 0.25) is 10.0 Å². The van der Waals surface area contributed by atoms with E-state index in [1.165, 1.54) is 6.07 Å². The molecule has 13 heteroatoms. The number of rotatable bonds is 8. The van der Waals surface area contributed by atoms with Gasteiger partial charge in [-0.2, -0.15) is 9.78 Å². The van der Waals surface area contributed by atoms with E-state index in [2.05, 4.69) is 10.1 Å². The molecule has 40 heavy (non-hydrogen) atoms. The van der Waals surface area contributed by atoms with E-state index in [1.807, 2.05) is 0 Å².